The summed E-state index contributed by atoms with van der Waals surface area (Å²) in [7, 11) is 1.37. The van der Waals surface area contributed by atoms with Crippen LogP contribution in [0.4, 0.5) is 0 Å². The van der Waals surface area contributed by atoms with E-state index < -0.39 is 0 Å². The highest BCUT2D eigenvalue weighted by Gasteiger charge is 2.01. The molecule has 0 atom stereocenters. The third kappa shape index (κ3) is 4.49. The fourth-order valence-electron chi connectivity index (χ4n) is 1.87. The van der Waals surface area contributed by atoms with Crippen molar-refractivity contribution in [3.8, 4) is 5.75 Å². The van der Waals surface area contributed by atoms with Crippen LogP contribution in [0.25, 0.3) is 5.57 Å². The van der Waals surface area contributed by atoms with E-state index in [0.29, 0.717) is 6.61 Å². The van der Waals surface area contributed by atoms with Crippen molar-refractivity contribution in [1.82, 2.24) is 0 Å². The summed E-state index contributed by atoms with van der Waals surface area (Å²) < 4.78 is 10.3. The highest BCUT2D eigenvalue weighted by atomic mass is 16.5. The molecule has 0 bridgehead atoms. The van der Waals surface area contributed by atoms with Gasteiger partial charge >= 0.3 is 5.97 Å². The molecule has 0 aliphatic heterocycles. The summed E-state index contributed by atoms with van der Waals surface area (Å²) in [6, 6.07) is 17.7. The highest BCUT2D eigenvalue weighted by Crippen LogP contribution is 2.19. The van der Waals surface area contributed by atoms with Gasteiger partial charge in [0.05, 0.1) is 7.11 Å². The van der Waals surface area contributed by atoms with Crippen LogP contribution in [0.5, 0.6) is 5.75 Å². The molecule has 2 aromatic carbocycles. The third-order valence-electron chi connectivity index (χ3n) is 3.09. The van der Waals surface area contributed by atoms with Crippen molar-refractivity contribution in [2.45, 2.75) is 13.5 Å². The predicted molar refractivity (Wildman–Crippen MR) is 82.9 cm³/mol. The van der Waals surface area contributed by atoms with E-state index in [1.165, 1.54) is 13.2 Å². The Hall–Kier alpha value is -2.55. The second kappa shape index (κ2) is 7.29. The third-order valence-corrected chi connectivity index (χ3v) is 3.09. The molecule has 0 radical (unpaired) electrons. The second-order valence-corrected chi connectivity index (χ2v) is 4.65. The molecule has 0 fully saturated rings. The van der Waals surface area contributed by atoms with Crippen molar-refractivity contribution in [3.05, 3.63) is 71.8 Å². The standard InChI is InChI=1S/C18H18O3/c1-14(12-18(19)20-2)16-8-10-17(11-9-16)21-13-15-6-4-3-5-7-15/h3-12H,13H2,1-2H3/b14-12+. The van der Waals surface area contributed by atoms with E-state index >= 15 is 0 Å². The van der Waals surface area contributed by atoms with E-state index in [0.717, 1.165) is 22.4 Å². The maximum absolute atomic E-state index is 11.2. The molecule has 0 aliphatic rings. The van der Waals surface area contributed by atoms with Crippen LogP contribution >= 0.6 is 0 Å². The SMILES string of the molecule is COC(=O)/C=C(\C)c1ccc(OCc2ccccc2)cc1. The lowest BCUT2D eigenvalue weighted by atomic mass is 10.1. The van der Waals surface area contributed by atoms with Crippen LogP contribution in [0.1, 0.15) is 18.1 Å². The minimum absolute atomic E-state index is 0.350. The number of allylic oxidation sites excluding steroid dienone is 1. The maximum Gasteiger partial charge on any atom is 0.330 e. The molecule has 0 aliphatic carbocycles. The summed E-state index contributed by atoms with van der Waals surface area (Å²) in [5.74, 6) is 0.449. The summed E-state index contributed by atoms with van der Waals surface area (Å²) in [5, 5.41) is 0. The van der Waals surface area contributed by atoms with Gasteiger partial charge in [-0.2, -0.15) is 0 Å². The van der Waals surface area contributed by atoms with Crippen molar-refractivity contribution in [2.24, 2.45) is 0 Å². The fraction of sp³-hybridized carbons (Fsp3) is 0.167. The lowest BCUT2D eigenvalue weighted by molar-refractivity contribution is -0.134. The van der Waals surface area contributed by atoms with E-state index in [9.17, 15) is 4.79 Å². The lowest BCUT2D eigenvalue weighted by Crippen LogP contribution is -1.96. The van der Waals surface area contributed by atoms with Gasteiger partial charge in [0.2, 0.25) is 0 Å². The first kappa shape index (κ1) is 14.9. The zero-order valence-electron chi connectivity index (χ0n) is 12.2. The van der Waals surface area contributed by atoms with Gasteiger partial charge in [-0.25, -0.2) is 4.79 Å². The number of carbonyl (C=O) groups excluding carboxylic acids is 1. The largest absolute Gasteiger partial charge is 0.489 e. The molecule has 2 rings (SSSR count). The fourth-order valence-corrected chi connectivity index (χ4v) is 1.87. The van der Waals surface area contributed by atoms with Gasteiger partial charge in [0.15, 0.2) is 0 Å². The Kier molecular flexibility index (Phi) is 5.16. The molecule has 0 saturated heterocycles. The zero-order valence-corrected chi connectivity index (χ0v) is 12.2. The molecule has 0 saturated carbocycles. The quantitative estimate of drug-likeness (QED) is 0.617. The Morgan fingerprint density at radius 2 is 1.71 bits per heavy atom. The first-order valence-electron chi connectivity index (χ1n) is 6.72. The molecule has 3 nitrogen and oxygen atoms in total. The molecule has 3 heteroatoms. The smallest absolute Gasteiger partial charge is 0.330 e. The van der Waals surface area contributed by atoms with Gasteiger partial charge in [0.1, 0.15) is 12.4 Å². The Morgan fingerprint density at radius 3 is 2.33 bits per heavy atom. The predicted octanol–water partition coefficient (Wildman–Crippen LogP) is 3.84. The summed E-state index contributed by atoms with van der Waals surface area (Å²) >= 11 is 0. The number of ether oxygens (including phenoxy) is 2. The van der Waals surface area contributed by atoms with Gasteiger partial charge in [0.25, 0.3) is 0 Å². The van der Waals surface area contributed by atoms with Gasteiger partial charge in [-0.1, -0.05) is 42.5 Å². The molecule has 2 aromatic rings. The van der Waals surface area contributed by atoms with Gasteiger partial charge in [-0.05, 0) is 35.8 Å². The minimum Gasteiger partial charge on any atom is -0.489 e. The molecule has 108 valence electrons. The molecule has 0 N–H and O–H groups in total. The molecular weight excluding hydrogens is 264 g/mol. The maximum atomic E-state index is 11.2. The zero-order chi connectivity index (χ0) is 15.1. The average molecular weight is 282 g/mol. The van der Waals surface area contributed by atoms with Crippen LogP contribution in [0, 0.1) is 0 Å². The molecule has 21 heavy (non-hydrogen) atoms. The molecule has 0 amide bonds. The first-order valence-corrected chi connectivity index (χ1v) is 6.72. The van der Waals surface area contributed by atoms with Crippen LogP contribution < -0.4 is 4.74 Å². The Balaban J connectivity index is 1.99. The number of esters is 1. The van der Waals surface area contributed by atoms with E-state index in [1.807, 2.05) is 61.5 Å². The topological polar surface area (TPSA) is 35.5 Å². The Bertz CT molecular complexity index is 613. The molecule has 0 unspecified atom stereocenters. The summed E-state index contributed by atoms with van der Waals surface area (Å²) in [5.41, 5.74) is 2.95. The van der Waals surface area contributed by atoms with Gasteiger partial charge in [-0.3, -0.25) is 0 Å². The minimum atomic E-state index is -0.350. The van der Waals surface area contributed by atoms with Crippen LogP contribution in [-0.2, 0) is 16.1 Å². The van der Waals surface area contributed by atoms with Gasteiger partial charge < -0.3 is 9.47 Å². The van der Waals surface area contributed by atoms with Crippen molar-refractivity contribution >= 4 is 11.5 Å². The van der Waals surface area contributed by atoms with Crippen molar-refractivity contribution in [1.29, 1.82) is 0 Å². The number of carbonyl (C=O) groups is 1. The van der Waals surface area contributed by atoms with Crippen molar-refractivity contribution in [3.63, 3.8) is 0 Å². The molecule has 0 spiro atoms. The summed E-state index contributed by atoms with van der Waals surface area (Å²) in [6.45, 7) is 2.41. The van der Waals surface area contributed by atoms with E-state index in [-0.39, 0.29) is 5.97 Å². The number of methoxy groups -OCH3 is 1. The van der Waals surface area contributed by atoms with Crippen molar-refractivity contribution in [2.75, 3.05) is 7.11 Å². The summed E-state index contributed by atoms with van der Waals surface area (Å²) in [4.78, 5) is 11.2. The number of hydrogen-bond acceptors (Lipinski definition) is 3. The Morgan fingerprint density at radius 1 is 1.05 bits per heavy atom. The van der Waals surface area contributed by atoms with Crippen LogP contribution in [0.15, 0.2) is 60.7 Å². The normalized spacial score (nSPS) is 11.0. The second-order valence-electron chi connectivity index (χ2n) is 4.65. The summed E-state index contributed by atoms with van der Waals surface area (Å²) in [6.07, 6.45) is 1.47. The van der Waals surface area contributed by atoms with Gasteiger partial charge in [-0.15, -0.1) is 0 Å². The first-order chi connectivity index (χ1) is 10.2. The number of benzene rings is 2. The van der Waals surface area contributed by atoms with E-state index in [1.54, 1.807) is 0 Å². The van der Waals surface area contributed by atoms with Gasteiger partial charge in [0, 0.05) is 6.08 Å². The van der Waals surface area contributed by atoms with Crippen LogP contribution in [-0.4, -0.2) is 13.1 Å². The number of rotatable bonds is 5. The van der Waals surface area contributed by atoms with Crippen LogP contribution in [0.3, 0.4) is 0 Å². The highest BCUT2D eigenvalue weighted by molar-refractivity contribution is 5.90. The molecule has 0 heterocycles. The average Bonchev–Trinajstić information content (AvgIpc) is 2.54. The van der Waals surface area contributed by atoms with E-state index in [4.69, 9.17) is 4.74 Å². The molecular formula is C18H18O3. The Labute approximate surface area is 124 Å². The number of hydrogen-bond donors (Lipinski definition) is 0. The monoisotopic (exact) mass is 282 g/mol. The van der Waals surface area contributed by atoms with E-state index in [2.05, 4.69) is 4.74 Å². The lowest BCUT2D eigenvalue weighted by Gasteiger charge is -2.07. The molecule has 0 aromatic heterocycles. The van der Waals surface area contributed by atoms with Crippen molar-refractivity contribution < 1.29 is 14.3 Å². The van der Waals surface area contributed by atoms with Crippen LogP contribution in [0.2, 0.25) is 0 Å².